The minimum absolute atomic E-state index is 0.0715. The number of rotatable bonds is 5. The lowest BCUT2D eigenvalue weighted by atomic mass is 10.1. The van der Waals surface area contributed by atoms with E-state index in [2.05, 4.69) is 0 Å². The van der Waals surface area contributed by atoms with Crippen LogP contribution in [0, 0.1) is 0 Å². The Balaban J connectivity index is 3.00. The number of nitrogens with two attached hydrogens (primary N) is 1. The molecule has 19 heavy (non-hydrogen) atoms. The van der Waals surface area contributed by atoms with Crippen molar-refractivity contribution in [3.05, 3.63) is 23.8 Å². The third-order valence-electron chi connectivity index (χ3n) is 2.18. The molecule has 0 bridgehead atoms. The number of aromatic hydroxyl groups is 2. The third-order valence-corrected chi connectivity index (χ3v) is 2.18. The number of aliphatic carboxylic acids is 1. The standard InChI is InChI=1S/C11H12N2O6/c12-9(16)4-13(5-10(17)18)11(19)6-1-2-7(14)8(15)3-6/h1-3,14-15H,4-5H2,(H2,12,16)(H,17,18). The number of carbonyl (C=O) groups is 3. The van der Waals surface area contributed by atoms with Crippen molar-refractivity contribution in [2.24, 2.45) is 5.73 Å². The first-order valence-corrected chi connectivity index (χ1v) is 5.12. The number of benzene rings is 1. The number of hydrogen-bond acceptors (Lipinski definition) is 5. The van der Waals surface area contributed by atoms with Crippen LogP contribution in [-0.4, -0.2) is 51.1 Å². The molecule has 102 valence electrons. The highest BCUT2D eigenvalue weighted by Gasteiger charge is 2.21. The quantitative estimate of drug-likeness (QED) is 0.510. The van der Waals surface area contributed by atoms with Gasteiger partial charge in [0.2, 0.25) is 5.91 Å². The Hall–Kier alpha value is -2.77. The van der Waals surface area contributed by atoms with Gasteiger partial charge in [-0.05, 0) is 18.2 Å². The predicted octanol–water partition coefficient (Wildman–Crippen LogP) is -0.890. The molecule has 8 nitrogen and oxygen atoms in total. The van der Waals surface area contributed by atoms with Gasteiger partial charge >= 0.3 is 5.97 Å². The molecule has 1 aromatic rings. The van der Waals surface area contributed by atoms with Gasteiger partial charge in [-0.2, -0.15) is 0 Å². The molecule has 8 heteroatoms. The lowest BCUT2D eigenvalue weighted by Crippen LogP contribution is -2.41. The van der Waals surface area contributed by atoms with Crippen molar-refractivity contribution in [2.75, 3.05) is 13.1 Å². The minimum Gasteiger partial charge on any atom is -0.504 e. The van der Waals surface area contributed by atoms with Gasteiger partial charge in [-0.1, -0.05) is 0 Å². The molecule has 1 rings (SSSR count). The smallest absolute Gasteiger partial charge is 0.323 e. The number of phenols is 2. The Labute approximate surface area is 107 Å². The van der Waals surface area contributed by atoms with E-state index in [0.29, 0.717) is 0 Å². The molecule has 0 heterocycles. The fraction of sp³-hybridized carbons (Fsp3) is 0.182. The maximum atomic E-state index is 11.9. The lowest BCUT2D eigenvalue weighted by molar-refractivity contribution is -0.138. The highest BCUT2D eigenvalue weighted by Crippen LogP contribution is 2.25. The van der Waals surface area contributed by atoms with Crippen molar-refractivity contribution in [1.29, 1.82) is 0 Å². The van der Waals surface area contributed by atoms with E-state index in [1.54, 1.807) is 0 Å². The van der Waals surface area contributed by atoms with E-state index in [-0.39, 0.29) is 5.56 Å². The first-order chi connectivity index (χ1) is 8.81. The maximum Gasteiger partial charge on any atom is 0.323 e. The summed E-state index contributed by atoms with van der Waals surface area (Å²) < 4.78 is 0. The van der Waals surface area contributed by atoms with Gasteiger partial charge < -0.3 is 26.0 Å². The van der Waals surface area contributed by atoms with Crippen molar-refractivity contribution in [3.8, 4) is 11.5 Å². The van der Waals surface area contributed by atoms with Crippen LogP contribution in [-0.2, 0) is 9.59 Å². The van der Waals surface area contributed by atoms with E-state index < -0.39 is 42.4 Å². The fourth-order valence-electron chi connectivity index (χ4n) is 1.39. The fourth-order valence-corrected chi connectivity index (χ4v) is 1.39. The number of carboxylic acid groups (broad SMARTS) is 1. The number of phenolic OH excluding ortho intramolecular Hbond substituents is 2. The second-order valence-corrected chi connectivity index (χ2v) is 3.72. The molecule has 0 aliphatic carbocycles. The molecule has 0 aromatic heterocycles. The highest BCUT2D eigenvalue weighted by atomic mass is 16.4. The van der Waals surface area contributed by atoms with Gasteiger partial charge in [0.05, 0.1) is 0 Å². The molecule has 0 spiro atoms. The summed E-state index contributed by atoms with van der Waals surface area (Å²) in [6.07, 6.45) is 0. The number of hydrogen-bond donors (Lipinski definition) is 4. The molecule has 5 N–H and O–H groups in total. The van der Waals surface area contributed by atoms with E-state index in [1.807, 2.05) is 0 Å². The van der Waals surface area contributed by atoms with Crippen molar-refractivity contribution in [2.45, 2.75) is 0 Å². The molecule has 0 atom stereocenters. The highest BCUT2D eigenvalue weighted by molar-refractivity contribution is 5.98. The van der Waals surface area contributed by atoms with Gasteiger partial charge in [0.1, 0.15) is 13.1 Å². The minimum atomic E-state index is -1.31. The van der Waals surface area contributed by atoms with Gasteiger partial charge in [0, 0.05) is 5.56 Å². The summed E-state index contributed by atoms with van der Waals surface area (Å²) in [5.41, 5.74) is 4.85. The number of amides is 2. The zero-order chi connectivity index (χ0) is 14.6. The van der Waals surface area contributed by atoms with E-state index in [4.69, 9.17) is 15.9 Å². The van der Waals surface area contributed by atoms with E-state index in [1.165, 1.54) is 6.07 Å². The van der Waals surface area contributed by atoms with Crippen LogP contribution in [0.15, 0.2) is 18.2 Å². The first kappa shape index (κ1) is 14.3. The molecule has 0 saturated carbocycles. The Morgan fingerprint density at radius 3 is 2.21 bits per heavy atom. The van der Waals surface area contributed by atoms with Crippen LogP contribution in [0.5, 0.6) is 11.5 Å². The van der Waals surface area contributed by atoms with Gasteiger partial charge in [-0.15, -0.1) is 0 Å². The summed E-state index contributed by atoms with van der Waals surface area (Å²) in [6, 6.07) is 3.23. The van der Waals surface area contributed by atoms with Gasteiger partial charge in [-0.3, -0.25) is 14.4 Å². The lowest BCUT2D eigenvalue weighted by Gasteiger charge is -2.19. The second kappa shape index (κ2) is 5.71. The molecule has 0 radical (unpaired) electrons. The first-order valence-electron chi connectivity index (χ1n) is 5.12. The number of carboxylic acids is 1. The van der Waals surface area contributed by atoms with Crippen molar-refractivity contribution in [3.63, 3.8) is 0 Å². The van der Waals surface area contributed by atoms with E-state index >= 15 is 0 Å². The van der Waals surface area contributed by atoms with Crippen molar-refractivity contribution in [1.82, 2.24) is 4.90 Å². The van der Waals surface area contributed by atoms with Gasteiger partial charge in [0.25, 0.3) is 5.91 Å². The zero-order valence-corrected chi connectivity index (χ0v) is 9.74. The number of carbonyl (C=O) groups excluding carboxylic acids is 2. The van der Waals surface area contributed by atoms with Crippen molar-refractivity contribution >= 4 is 17.8 Å². The topological polar surface area (TPSA) is 141 Å². The zero-order valence-electron chi connectivity index (χ0n) is 9.74. The normalized spacial score (nSPS) is 9.89. The van der Waals surface area contributed by atoms with Crippen LogP contribution in [0.2, 0.25) is 0 Å². The van der Waals surface area contributed by atoms with E-state index in [9.17, 15) is 19.5 Å². The summed E-state index contributed by atoms with van der Waals surface area (Å²) >= 11 is 0. The van der Waals surface area contributed by atoms with Crippen molar-refractivity contribution < 1.29 is 29.7 Å². The Morgan fingerprint density at radius 1 is 1.11 bits per heavy atom. The summed E-state index contributed by atoms with van der Waals surface area (Å²) in [4.78, 5) is 34.1. The number of primary amides is 1. The number of nitrogens with zero attached hydrogens (tertiary/aromatic N) is 1. The van der Waals surface area contributed by atoms with E-state index in [0.717, 1.165) is 17.0 Å². The molecule has 1 aromatic carbocycles. The second-order valence-electron chi connectivity index (χ2n) is 3.72. The molecule has 0 fully saturated rings. The summed E-state index contributed by atoms with van der Waals surface area (Å²) in [5.74, 6) is -3.91. The monoisotopic (exact) mass is 268 g/mol. The SMILES string of the molecule is NC(=O)CN(CC(=O)O)C(=O)c1ccc(O)c(O)c1. The Kier molecular flexibility index (Phi) is 4.30. The molecular formula is C11H12N2O6. The predicted molar refractivity (Wildman–Crippen MR) is 62.5 cm³/mol. The van der Waals surface area contributed by atoms with Crippen LogP contribution >= 0.6 is 0 Å². The third kappa shape index (κ3) is 3.87. The summed E-state index contributed by atoms with van der Waals surface area (Å²) in [7, 11) is 0. The molecule has 0 unspecified atom stereocenters. The van der Waals surface area contributed by atoms with Crippen LogP contribution < -0.4 is 5.73 Å². The van der Waals surface area contributed by atoms with Crippen LogP contribution in [0.4, 0.5) is 0 Å². The largest absolute Gasteiger partial charge is 0.504 e. The Morgan fingerprint density at radius 2 is 1.74 bits per heavy atom. The molecule has 0 saturated heterocycles. The molecule has 0 aliphatic rings. The molecular weight excluding hydrogens is 256 g/mol. The molecule has 0 aliphatic heterocycles. The van der Waals surface area contributed by atoms with Crippen LogP contribution in [0.3, 0.4) is 0 Å². The van der Waals surface area contributed by atoms with Crippen LogP contribution in [0.25, 0.3) is 0 Å². The van der Waals surface area contributed by atoms with Gasteiger partial charge in [0.15, 0.2) is 11.5 Å². The van der Waals surface area contributed by atoms with Crippen LogP contribution in [0.1, 0.15) is 10.4 Å². The summed E-state index contributed by atoms with van der Waals surface area (Å²) in [6.45, 7) is -1.27. The average molecular weight is 268 g/mol. The Bertz CT molecular complexity index is 512. The average Bonchev–Trinajstić information content (AvgIpc) is 2.29. The molecule has 2 amide bonds. The maximum absolute atomic E-state index is 11.9. The van der Waals surface area contributed by atoms with Gasteiger partial charge in [-0.25, -0.2) is 0 Å². The summed E-state index contributed by atoms with van der Waals surface area (Å²) in [5, 5.41) is 27.0.